The van der Waals surface area contributed by atoms with E-state index in [9.17, 15) is 4.79 Å². The predicted octanol–water partition coefficient (Wildman–Crippen LogP) is 3.59. The van der Waals surface area contributed by atoms with Crippen LogP contribution in [-0.4, -0.2) is 18.0 Å². The molecule has 108 valence electrons. The third-order valence-corrected chi connectivity index (χ3v) is 3.87. The van der Waals surface area contributed by atoms with Gasteiger partial charge in [-0.3, -0.25) is 4.79 Å². The van der Waals surface area contributed by atoms with Crippen molar-refractivity contribution in [1.82, 2.24) is 0 Å². The van der Waals surface area contributed by atoms with Crippen LogP contribution >= 0.6 is 0 Å². The second-order valence-electron chi connectivity index (χ2n) is 5.62. The van der Waals surface area contributed by atoms with Crippen molar-refractivity contribution in [1.29, 1.82) is 0 Å². The summed E-state index contributed by atoms with van der Waals surface area (Å²) in [4.78, 5) is 12.3. The van der Waals surface area contributed by atoms with E-state index in [1.165, 1.54) is 0 Å². The number of benzene rings is 2. The van der Waals surface area contributed by atoms with Crippen LogP contribution in [0.25, 0.3) is 0 Å². The van der Waals surface area contributed by atoms with E-state index in [4.69, 9.17) is 4.74 Å². The summed E-state index contributed by atoms with van der Waals surface area (Å²) in [5.41, 5.74) is 1.56. The lowest BCUT2D eigenvalue weighted by molar-refractivity contribution is -0.123. The Morgan fingerprint density at radius 3 is 2.29 bits per heavy atom. The number of nitrogens with one attached hydrogen (secondary N) is 1. The highest BCUT2D eigenvalue weighted by atomic mass is 16.6. The molecule has 0 spiro atoms. The number of hydrogen-bond donors (Lipinski definition) is 1. The van der Waals surface area contributed by atoms with E-state index < -0.39 is 5.60 Å². The van der Waals surface area contributed by atoms with Crippen LogP contribution in [0.15, 0.2) is 60.7 Å². The second kappa shape index (κ2) is 5.70. The Hall–Kier alpha value is -2.13. The molecule has 2 unspecified atom stereocenters. The first kappa shape index (κ1) is 13.8. The van der Waals surface area contributed by atoms with Crippen molar-refractivity contribution < 1.29 is 9.53 Å². The van der Waals surface area contributed by atoms with Gasteiger partial charge in [0, 0.05) is 12.1 Å². The molecule has 3 rings (SSSR count). The SMILES string of the molecule is CC1(C(=O)CC(Nc2ccccc2)c2ccccc2)CO1. The van der Waals surface area contributed by atoms with Crippen molar-refractivity contribution >= 4 is 11.5 Å². The van der Waals surface area contributed by atoms with E-state index in [0.29, 0.717) is 13.0 Å². The zero-order valence-corrected chi connectivity index (χ0v) is 12.1. The minimum atomic E-state index is -0.564. The van der Waals surface area contributed by atoms with Gasteiger partial charge in [0.05, 0.1) is 12.6 Å². The lowest BCUT2D eigenvalue weighted by Crippen LogP contribution is -2.25. The third-order valence-electron chi connectivity index (χ3n) is 3.87. The molecule has 0 radical (unpaired) electrons. The van der Waals surface area contributed by atoms with Crippen LogP contribution in [0.2, 0.25) is 0 Å². The number of ketones is 1. The molecule has 1 N–H and O–H groups in total. The number of rotatable bonds is 6. The molecule has 1 aliphatic rings. The molecule has 3 heteroatoms. The molecule has 21 heavy (non-hydrogen) atoms. The molecule has 1 fully saturated rings. The first-order valence-electron chi connectivity index (χ1n) is 7.21. The lowest BCUT2D eigenvalue weighted by Gasteiger charge is -2.20. The van der Waals surface area contributed by atoms with Crippen molar-refractivity contribution in [2.45, 2.75) is 25.0 Å². The smallest absolute Gasteiger partial charge is 0.169 e. The monoisotopic (exact) mass is 281 g/mol. The Kier molecular flexibility index (Phi) is 3.76. The van der Waals surface area contributed by atoms with E-state index in [-0.39, 0.29) is 11.8 Å². The quantitative estimate of drug-likeness (QED) is 0.823. The maximum Gasteiger partial charge on any atom is 0.169 e. The van der Waals surface area contributed by atoms with Gasteiger partial charge < -0.3 is 10.1 Å². The molecule has 0 amide bonds. The van der Waals surface area contributed by atoms with E-state index in [1.54, 1.807) is 0 Å². The molecule has 1 aliphatic heterocycles. The van der Waals surface area contributed by atoms with Crippen LogP contribution < -0.4 is 5.32 Å². The van der Waals surface area contributed by atoms with E-state index >= 15 is 0 Å². The Balaban J connectivity index is 1.79. The van der Waals surface area contributed by atoms with Gasteiger partial charge in [0.15, 0.2) is 5.78 Å². The largest absolute Gasteiger partial charge is 0.378 e. The number of carbonyl (C=O) groups is 1. The molecule has 0 saturated carbocycles. The number of epoxide rings is 1. The lowest BCUT2D eigenvalue weighted by atomic mass is 9.95. The second-order valence-corrected chi connectivity index (χ2v) is 5.62. The standard InChI is InChI=1S/C18H19NO2/c1-18(13-21-18)17(20)12-16(14-8-4-2-5-9-14)19-15-10-6-3-7-11-15/h2-11,16,19H,12-13H2,1H3. The summed E-state index contributed by atoms with van der Waals surface area (Å²) < 4.78 is 5.27. The molecular formula is C18H19NO2. The fourth-order valence-corrected chi connectivity index (χ4v) is 2.34. The topological polar surface area (TPSA) is 41.6 Å². The maximum absolute atomic E-state index is 12.3. The van der Waals surface area contributed by atoms with Crippen molar-refractivity contribution in [3.63, 3.8) is 0 Å². The highest BCUT2D eigenvalue weighted by molar-refractivity contribution is 5.90. The minimum Gasteiger partial charge on any atom is -0.378 e. The molecule has 0 aromatic heterocycles. The van der Waals surface area contributed by atoms with Gasteiger partial charge in [-0.15, -0.1) is 0 Å². The normalized spacial score (nSPS) is 21.6. The predicted molar refractivity (Wildman–Crippen MR) is 83.2 cm³/mol. The summed E-state index contributed by atoms with van der Waals surface area (Å²) in [5.74, 6) is 0.153. The average Bonchev–Trinajstić information content (AvgIpc) is 3.28. The average molecular weight is 281 g/mol. The van der Waals surface area contributed by atoms with E-state index in [2.05, 4.69) is 5.32 Å². The summed E-state index contributed by atoms with van der Waals surface area (Å²) in [5, 5.41) is 3.45. The number of carbonyl (C=O) groups excluding carboxylic acids is 1. The molecule has 0 bridgehead atoms. The van der Waals surface area contributed by atoms with Crippen LogP contribution in [0.5, 0.6) is 0 Å². The Morgan fingerprint density at radius 2 is 1.71 bits per heavy atom. The van der Waals surface area contributed by atoms with Crippen LogP contribution in [0.3, 0.4) is 0 Å². The van der Waals surface area contributed by atoms with Crippen molar-refractivity contribution in [3.05, 3.63) is 66.2 Å². The number of ether oxygens (including phenoxy) is 1. The highest BCUT2D eigenvalue weighted by Crippen LogP contribution is 2.32. The molecule has 1 heterocycles. The molecule has 2 aromatic carbocycles. The number of hydrogen-bond acceptors (Lipinski definition) is 3. The minimum absolute atomic E-state index is 0.0397. The van der Waals surface area contributed by atoms with Gasteiger partial charge >= 0.3 is 0 Å². The number of para-hydroxylation sites is 1. The van der Waals surface area contributed by atoms with Crippen molar-refractivity contribution in [2.75, 3.05) is 11.9 Å². The summed E-state index contributed by atoms with van der Waals surface area (Å²) >= 11 is 0. The highest BCUT2D eigenvalue weighted by Gasteiger charge is 2.47. The molecule has 1 saturated heterocycles. The first-order valence-corrected chi connectivity index (χ1v) is 7.21. The Bertz CT molecular complexity index is 606. The molecule has 3 nitrogen and oxygen atoms in total. The zero-order chi connectivity index (χ0) is 14.7. The van der Waals surface area contributed by atoms with Gasteiger partial charge in [0.2, 0.25) is 0 Å². The Morgan fingerprint density at radius 1 is 1.14 bits per heavy atom. The van der Waals surface area contributed by atoms with E-state index in [1.807, 2.05) is 67.6 Å². The van der Waals surface area contributed by atoms with Gasteiger partial charge in [-0.2, -0.15) is 0 Å². The third kappa shape index (κ3) is 3.31. The van der Waals surface area contributed by atoms with Crippen LogP contribution in [0, 0.1) is 0 Å². The van der Waals surface area contributed by atoms with Crippen LogP contribution in [0.1, 0.15) is 24.9 Å². The first-order chi connectivity index (χ1) is 10.2. The van der Waals surface area contributed by atoms with Gasteiger partial charge in [-0.05, 0) is 24.6 Å². The van der Waals surface area contributed by atoms with Crippen molar-refractivity contribution in [3.8, 4) is 0 Å². The van der Waals surface area contributed by atoms with Crippen molar-refractivity contribution in [2.24, 2.45) is 0 Å². The van der Waals surface area contributed by atoms with Gasteiger partial charge in [0.1, 0.15) is 5.60 Å². The van der Waals surface area contributed by atoms with Gasteiger partial charge in [-0.25, -0.2) is 0 Å². The fourth-order valence-electron chi connectivity index (χ4n) is 2.34. The van der Waals surface area contributed by atoms with E-state index in [0.717, 1.165) is 11.3 Å². The summed E-state index contributed by atoms with van der Waals surface area (Å²) in [6, 6.07) is 20.0. The number of Topliss-reactive ketones (excluding diaryl/α,β-unsaturated/α-hetero) is 1. The molecule has 0 aliphatic carbocycles. The summed E-state index contributed by atoms with van der Waals surface area (Å²) in [6.07, 6.45) is 0.426. The van der Waals surface area contributed by atoms with Crippen LogP contribution in [0.4, 0.5) is 5.69 Å². The summed E-state index contributed by atoms with van der Waals surface area (Å²) in [6.45, 7) is 2.40. The van der Waals surface area contributed by atoms with Gasteiger partial charge in [-0.1, -0.05) is 48.5 Å². The number of anilines is 1. The maximum atomic E-state index is 12.3. The van der Waals surface area contributed by atoms with Gasteiger partial charge in [0.25, 0.3) is 0 Å². The zero-order valence-electron chi connectivity index (χ0n) is 12.1. The van der Waals surface area contributed by atoms with Crippen LogP contribution in [-0.2, 0) is 9.53 Å². The Labute approximate surface area is 124 Å². The fraction of sp³-hybridized carbons (Fsp3) is 0.278. The summed E-state index contributed by atoms with van der Waals surface area (Å²) in [7, 11) is 0. The molecule has 2 atom stereocenters. The molecular weight excluding hydrogens is 262 g/mol. The molecule has 2 aromatic rings.